The van der Waals surface area contributed by atoms with Crippen LogP contribution in [0.4, 0.5) is 0 Å². The van der Waals surface area contributed by atoms with E-state index in [0.717, 1.165) is 0 Å². The highest BCUT2D eigenvalue weighted by Gasteiger charge is 2.44. The van der Waals surface area contributed by atoms with Gasteiger partial charge >= 0.3 is 5.97 Å². The van der Waals surface area contributed by atoms with E-state index in [2.05, 4.69) is 9.84 Å². The number of rotatable bonds is 2. The summed E-state index contributed by atoms with van der Waals surface area (Å²) in [6.07, 6.45) is 1.03. The van der Waals surface area contributed by atoms with Crippen molar-refractivity contribution < 1.29 is 23.8 Å². The molecule has 3 heterocycles. The first-order chi connectivity index (χ1) is 8.69. The molecule has 0 spiro atoms. The van der Waals surface area contributed by atoms with Gasteiger partial charge in [0, 0.05) is 12.6 Å². The molecule has 0 unspecified atom stereocenters. The molecule has 0 N–H and O–H groups in total. The largest absolute Gasteiger partial charge is 0.464 e. The van der Waals surface area contributed by atoms with Crippen molar-refractivity contribution in [1.82, 2.24) is 9.78 Å². The molecule has 0 amide bonds. The first-order valence-corrected chi connectivity index (χ1v) is 5.62. The quantitative estimate of drug-likeness (QED) is 0.685. The summed E-state index contributed by atoms with van der Waals surface area (Å²) in [7, 11) is 1.30. The molecular formula is C11H12N2O5. The van der Waals surface area contributed by atoms with Crippen LogP contribution in [0.5, 0.6) is 0 Å². The van der Waals surface area contributed by atoms with E-state index in [4.69, 9.17) is 9.47 Å². The minimum Gasteiger partial charge on any atom is -0.464 e. The summed E-state index contributed by atoms with van der Waals surface area (Å²) in [5.41, 5.74) is 0.214. The Hall–Kier alpha value is -1.73. The zero-order chi connectivity index (χ0) is 12.7. The molecule has 2 fully saturated rings. The lowest BCUT2D eigenvalue weighted by Gasteiger charge is -2.26. The maximum atomic E-state index is 11.6. The molecule has 0 radical (unpaired) electrons. The zero-order valence-electron chi connectivity index (χ0n) is 9.74. The van der Waals surface area contributed by atoms with Crippen LogP contribution < -0.4 is 0 Å². The predicted molar refractivity (Wildman–Crippen MR) is 56.8 cm³/mol. The third-order valence-corrected chi connectivity index (χ3v) is 3.16. The zero-order valence-corrected chi connectivity index (χ0v) is 9.74. The maximum absolute atomic E-state index is 11.6. The second-order valence-corrected chi connectivity index (χ2v) is 4.25. The van der Waals surface area contributed by atoms with Crippen molar-refractivity contribution in [3.05, 3.63) is 18.0 Å². The van der Waals surface area contributed by atoms with Gasteiger partial charge in [0.2, 0.25) is 6.29 Å². The fourth-order valence-electron chi connectivity index (χ4n) is 2.22. The summed E-state index contributed by atoms with van der Waals surface area (Å²) in [6.45, 7) is 0.370. The average molecular weight is 252 g/mol. The Morgan fingerprint density at radius 1 is 1.61 bits per heavy atom. The normalized spacial score (nSPS) is 30.5. The molecule has 0 aliphatic carbocycles. The molecule has 7 heteroatoms. The smallest absolute Gasteiger partial charge is 0.358 e. The average Bonchev–Trinajstić information content (AvgIpc) is 3.01. The van der Waals surface area contributed by atoms with Crippen LogP contribution >= 0.6 is 0 Å². The van der Waals surface area contributed by atoms with Gasteiger partial charge in [0.25, 0.3) is 0 Å². The first-order valence-electron chi connectivity index (χ1n) is 5.62. The van der Waals surface area contributed by atoms with Crippen molar-refractivity contribution in [2.24, 2.45) is 0 Å². The monoisotopic (exact) mass is 252 g/mol. The number of hydrogen-bond acceptors (Lipinski definition) is 6. The topological polar surface area (TPSA) is 79.7 Å². The Balaban J connectivity index is 1.84. The Bertz CT molecular complexity index is 497. The van der Waals surface area contributed by atoms with Gasteiger partial charge in [-0.05, 0) is 6.07 Å². The van der Waals surface area contributed by atoms with E-state index in [1.54, 1.807) is 16.9 Å². The van der Waals surface area contributed by atoms with E-state index in [9.17, 15) is 9.59 Å². The lowest BCUT2D eigenvalue weighted by Crippen LogP contribution is -2.37. The number of nitrogens with zero attached hydrogens (tertiary/aromatic N) is 2. The van der Waals surface area contributed by atoms with E-state index in [1.807, 2.05) is 0 Å². The van der Waals surface area contributed by atoms with E-state index in [-0.39, 0.29) is 23.6 Å². The van der Waals surface area contributed by atoms with Gasteiger partial charge < -0.3 is 14.2 Å². The third-order valence-electron chi connectivity index (χ3n) is 3.16. The number of esters is 1. The molecule has 1 aromatic rings. The summed E-state index contributed by atoms with van der Waals surface area (Å²) in [5, 5.41) is 4.11. The van der Waals surface area contributed by atoms with E-state index in [0.29, 0.717) is 13.0 Å². The van der Waals surface area contributed by atoms with Crippen LogP contribution in [0.1, 0.15) is 23.0 Å². The Morgan fingerprint density at radius 3 is 3.22 bits per heavy atom. The summed E-state index contributed by atoms with van der Waals surface area (Å²) in [5.74, 6) is -0.596. The molecule has 1 aromatic heterocycles. The highest BCUT2D eigenvalue weighted by atomic mass is 16.7. The highest BCUT2D eigenvalue weighted by molar-refractivity contribution is 5.87. The number of ether oxygens (including phenoxy) is 3. The minimum absolute atomic E-state index is 0.0936. The standard InChI is InChI=1S/C11H12N2O5/c1-16-10(15)6-2-3-13(12-6)7-4-8(14)11-17-5-9(7)18-11/h2-3,7,9,11H,4-5H2,1H3/t7-,9+,11-/m0/s1. The number of aromatic nitrogens is 2. The van der Waals surface area contributed by atoms with Gasteiger partial charge in [0.05, 0.1) is 19.8 Å². The van der Waals surface area contributed by atoms with Gasteiger partial charge in [-0.25, -0.2) is 4.79 Å². The number of fused-ring (bicyclic) bond motifs is 2. The van der Waals surface area contributed by atoms with Gasteiger partial charge in [-0.15, -0.1) is 0 Å². The molecule has 2 aliphatic heterocycles. The van der Waals surface area contributed by atoms with Gasteiger partial charge in [-0.3, -0.25) is 9.48 Å². The summed E-state index contributed by atoms with van der Waals surface area (Å²) in [6, 6.07) is 1.33. The summed E-state index contributed by atoms with van der Waals surface area (Å²) < 4.78 is 16.8. The van der Waals surface area contributed by atoms with E-state index < -0.39 is 12.3 Å². The third kappa shape index (κ3) is 1.72. The number of carbonyl (C=O) groups excluding carboxylic acids is 2. The van der Waals surface area contributed by atoms with Crippen molar-refractivity contribution in [2.75, 3.05) is 13.7 Å². The molecule has 96 valence electrons. The highest BCUT2D eigenvalue weighted by Crippen LogP contribution is 2.32. The van der Waals surface area contributed by atoms with Crippen molar-refractivity contribution in [3.63, 3.8) is 0 Å². The van der Waals surface area contributed by atoms with Gasteiger partial charge in [0.15, 0.2) is 11.5 Å². The number of hydrogen-bond donors (Lipinski definition) is 0. The molecule has 2 aliphatic rings. The fourth-order valence-corrected chi connectivity index (χ4v) is 2.22. The number of methoxy groups -OCH3 is 1. The summed E-state index contributed by atoms with van der Waals surface area (Å²) >= 11 is 0. The van der Waals surface area contributed by atoms with Gasteiger partial charge in [-0.1, -0.05) is 0 Å². The van der Waals surface area contributed by atoms with E-state index >= 15 is 0 Å². The minimum atomic E-state index is -0.720. The number of Topliss-reactive ketones (excluding diaryl/α,β-unsaturated/α-hetero) is 1. The van der Waals surface area contributed by atoms with Crippen LogP contribution in [0, 0.1) is 0 Å². The second-order valence-electron chi connectivity index (χ2n) is 4.25. The van der Waals surface area contributed by atoms with Crippen LogP contribution in [-0.4, -0.2) is 47.6 Å². The van der Waals surface area contributed by atoms with Crippen molar-refractivity contribution in [3.8, 4) is 0 Å². The SMILES string of the molecule is COC(=O)c1ccn([C@H]2CC(=O)[C@H]3OC[C@H]2O3)n1. The van der Waals surface area contributed by atoms with Crippen LogP contribution in [0.2, 0.25) is 0 Å². The van der Waals surface area contributed by atoms with Crippen molar-refractivity contribution in [1.29, 1.82) is 0 Å². The Kier molecular flexibility index (Phi) is 2.64. The molecule has 2 bridgehead atoms. The molecule has 3 atom stereocenters. The molecule has 2 saturated heterocycles. The number of ketones is 1. The maximum Gasteiger partial charge on any atom is 0.358 e. The Labute approximate surface area is 103 Å². The van der Waals surface area contributed by atoms with E-state index in [1.165, 1.54) is 7.11 Å². The molecule has 0 saturated carbocycles. The van der Waals surface area contributed by atoms with Crippen LogP contribution in [0.25, 0.3) is 0 Å². The lowest BCUT2D eigenvalue weighted by atomic mass is 10.0. The molecule has 18 heavy (non-hydrogen) atoms. The van der Waals surface area contributed by atoms with Crippen molar-refractivity contribution >= 4 is 11.8 Å². The van der Waals surface area contributed by atoms with Crippen LogP contribution in [-0.2, 0) is 19.0 Å². The van der Waals surface area contributed by atoms with Gasteiger partial charge in [0.1, 0.15) is 6.10 Å². The van der Waals surface area contributed by atoms with Crippen LogP contribution in [0.3, 0.4) is 0 Å². The Morgan fingerprint density at radius 2 is 2.44 bits per heavy atom. The second kappa shape index (κ2) is 4.18. The summed E-state index contributed by atoms with van der Waals surface area (Å²) in [4.78, 5) is 23.0. The number of carbonyl (C=O) groups is 2. The fraction of sp³-hybridized carbons (Fsp3) is 0.545. The predicted octanol–water partition coefficient (Wildman–Crippen LogP) is -0.0749. The lowest BCUT2D eigenvalue weighted by molar-refractivity contribution is -0.156. The molecular weight excluding hydrogens is 240 g/mol. The first kappa shape index (κ1) is 11.4. The van der Waals surface area contributed by atoms with Crippen molar-refractivity contribution in [2.45, 2.75) is 24.9 Å². The molecule has 3 rings (SSSR count). The van der Waals surface area contributed by atoms with Crippen LogP contribution in [0.15, 0.2) is 12.3 Å². The molecule has 0 aromatic carbocycles. The van der Waals surface area contributed by atoms with Gasteiger partial charge in [-0.2, -0.15) is 5.10 Å². The molecule has 7 nitrogen and oxygen atoms in total.